The first-order valence-electron chi connectivity index (χ1n) is 7.49. The molecule has 0 spiro atoms. The molecule has 0 aliphatic carbocycles. The number of hydrogen-bond acceptors (Lipinski definition) is 2. The normalized spacial score (nSPS) is 15.8. The maximum Gasteiger partial charge on any atom is 0.255 e. The van der Waals surface area contributed by atoms with Gasteiger partial charge in [0, 0.05) is 12.1 Å². The largest absolute Gasteiger partial charge is 0.497 e. The Labute approximate surface area is 131 Å². The van der Waals surface area contributed by atoms with E-state index in [4.69, 9.17) is 4.74 Å². The van der Waals surface area contributed by atoms with Crippen molar-refractivity contribution in [3.05, 3.63) is 64.7 Å². The maximum atomic E-state index is 12.8. The Morgan fingerprint density at radius 3 is 2.41 bits per heavy atom. The Balaban J connectivity index is 1.93. The van der Waals surface area contributed by atoms with E-state index in [0.717, 1.165) is 22.4 Å². The highest BCUT2D eigenvalue weighted by Crippen LogP contribution is 2.40. The molecule has 114 valence electrons. The molecule has 0 bridgehead atoms. The van der Waals surface area contributed by atoms with Gasteiger partial charge in [-0.3, -0.25) is 4.79 Å². The number of rotatable bonds is 3. The van der Waals surface area contributed by atoms with Gasteiger partial charge in [-0.15, -0.1) is 0 Å². The molecule has 0 aromatic heterocycles. The number of carbonyl (C=O) groups is 1. The van der Waals surface area contributed by atoms with Crippen molar-refractivity contribution >= 4 is 5.91 Å². The summed E-state index contributed by atoms with van der Waals surface area (Å²) in [6, 6.07) is 14.0. The first kappa shape index (κ1) is 14.6. The van der Waals surface area contributed by atoms with E-state index in [0.29, 0.717) is 6.54 Å². The molecule has 2 aromatic carbocycles. The minimum atomic E-state index is -0.293. The number of nitrogens with zero attached hydrogens (tertiary/aromatic N) is 1. The summed E-state index contributed by atoms with van der Waals surface area (Å²) in [4.78, 5) is 14.7. The fourth-order valence-corrected chi connectivity index (χ4v) is 3.08. The molecular weight excluding hydrogens is 274 g/mol. The first-order chi connectivity index (χ1) is 10.4. The summed E-state index contributed by atoms with van der Waals surface area (Å²) in [5.74, 6) is 0.936. The van der Waals surface area contributed by atoms with Crippen LogP contribution in [0.15, 0.2) is 42.5 Å². The second-order valence-electron chi connectivity index (χ2n) is 6.35. The lowest BCUT2D eigenvalue weighted by molar-refractivity contribution is 0.0595. The molecular formula is C19H21NO2. The quantitative estimate of drug-likeness (QED) is 0.859. The molecule has 0 saturated heterocycles. The van der Waals surface area contributed by atoms with Gasteiger partial charge in [-0.1, -0.05) is 29.8 Å². The van der Waals surface area contributed by atoms with Gasteiger partial charge in [0.15, 0.2) is 0 Å². The molecule has 0 radical (unpaired) electrons. The van der Waals surface area contributed by atoms with E-state index in [1.54, 1.807) is 7.11 Å². The van der Waals surface area contributed by atoms with Crippen molar-refractivity contribution < 1.29 is 9.53 Å². The molecule has 0 N–H and O–H groups in total. The van der Waals surface area contributed by atoms with Gasteiger partial charge in [-0.2, -0.15) is 0 Å². The average Bonchev–Trinajstić information content (AvgIpc) is 2.69. The van der Waals surface area contributed by atoms with Crippen molar-refractivity contribution in [3.63, 3.8) is 0 Å². The van der Waals surface area contributed by atoms with Gasteiger partial charge in [0.05, 0.1) is 12.6 Å². The third-order valence-electron chi connectivity index (χ3n) is 4.48. The summed E-state index contributed by atoms with van der Waals surface area (Å²) in [5, 5.41) is 0. The van der Waals surface area contributed by atoms with Crippen LogP contribution in [0.3, 0.4) is 0 Å². The minimum absolute atomic E-state index is 0.107. The van der Waals surface area contributed by atoms with Crippen molar-refractivity contribution in [2.75, 3.05) is 7.11 Å². The van der Waals surface area contributed by atoms with Crippen LogP contribution in [0.2, 0.25) is 0 Å². The van der Waals surface area contributed by atoms with Gasteiger partial charge in [-0.05, 0) is 50.1 Å². The number of amides is 1. The monoisotopic (exact) mass is 295 g/mol. The number of ether oxygens (including phenoxy) is 1. The zero-order chi connectivity index (χ0) is 15.9. The lowest BCUT2D eigenvalue weighted by Gasteiger charge is -2.32. The van der Waals surface area contributed by atoms with Crippen LogP contribution in [0.25, 0.3) is 0 Å². The molecule has 0 atom stereocenters. The SMILES string of the molecule is COc1ccc(CN2C(=O)c3ccc(C)cc3C2(C)C)cc1. The van der Waals surface area contributed by atoms with Crippen LogP contribution in [0, 0.1) is 6.92 Å². The smallest absolute Gasteiger partial charge is 0.255 e. The number of methoxy groups -OCH3 is 1. The fraction of sp³-hybridized carbons (Fsp3) is 0.316. The predicted molar refractivity (Wildman–Crippen MR) is 87.1 cm³/mol. The predicted octanol–water partition coefficient (Wildman–Crippen LogP) is 3.89. The maximum absolute atomic E-state index is 12.8. The zero-order valence-electron chi connectivity index (χ0n) is 13.5. The summed E-state index contributed by atoms with van der Waals surface area (Å²) in [5.41, 5.74) is 3.94. The number of carbonyl (C=O) groups excluding carboxylic acids is 1. The first-order valence-corrected chi connectivity index (χ1v) is 7.49. The highest BCUT2D eigenvalue weighted by Gasteiger charge is 2.42. The number of hydrogen-bond donors (Lipinski definition) is 0. The van der Waals surface area contributed by atoms with Crippen LogP contribution in [0.5, 0.6) is 5.75 Å². The van der Waals surface area contributed by atoms with Crippen molar-refractivity contribution in [1.29, 1.82) is 0 Å². The van der Waals surface area contributed by atoms with Crippen LogP contribution in [-0.4, -0.2) is 17.9 Å². The molecule has 1 aliphatic heterocycles. The summed E-state index contributed by atoms with van der Waals surface area (Å²) in [6.07, 6.45) is 0. The molecule has 3 nitrogen and oxygen atoms in total. The van der Waals surface area contributed by atoms with Crippen LogP contribution >= 0.6 is 0 Å². The summed E-state index contributed by atoms with van der Waals surface area (Å²) in [6.45, 7) is 6.88. The lowest BCUT2D eigenvalue weighted by Crippen LogP contribution is -2.38. The van der Waals surface area contributed by atoms with Crippen molar-refractivity contribution in [1.82, 2.24) is 4.90 Å². The van der Waals surface area contributed by atoms with E-state index in [1.807, 2.05) is 41.3 Å². The molecule has 0 saturated carbocycles. The van der Waals surface area contributed by atoms with E-state index in [1.165, 1.54) is 5.56 Å². The molecule has 2 aromatic rings. The fourth-order valence-electron chi connectivity index (χ4n) is 3.08. The standard InChI is InChI=1S/C19H21NO2/c1-13-5-10-16-17(11-13)19(2,3)20(18(16)21)12-14-6-8-15(22-4)9-7-14/h5-11H,12H2,1-4H3. The second kappa shape index (κ2) is 5.16. The molecule has 3 heteroatoms. The zero-order valence-corrected chi connectivity index (χ0v) is 13.5. The van der Waals surface area contributed by atoms with E-state index in [2.05, 4.69) is 26.8 Å². The van der Waals surface area contributed by atoms with Crippen LogP contribution in [0.4, 0.5) is 0 Å². The van der Waals surface area contributed by atoms with Gasteiger partial charge in [0.25, 0.3) is 5.91 Å². The number of fused-ring (bicyclic) bond motifs is 1. The molecule has 1 aliphatic rings. The Morgan fingerprint density at radius 1 is 1.09 bits per heavy atom. The lowest BCUT2D eigenvalue weighted by atomic mass is 9.92. The Hall–Kier alpha value is -2.29. The van der Waals surface area contributed by atoms with Crippen molar-refractivity contribution in [2.24, 2.45) is 0 Å². The van der Waals surface area contributed by atoms with Gasteiger partial charge in [-0.25, -0.2) is 0 Å². The van der Waals surface area contributed by atoms with Crippen LogP contribution < -0.4 is 4.74 Å². The number of benzene rings is 2. The Morgan fingerprint density at radius 2 is 1.77 bits per heavy atom. The Kier molecular flexibility index (Phi) is 3.44. The highest BCUT2D eigenvalue weighted by atomic mass is 16.5. The molecule has 0 unspecified atom stereocenters. The highest BCUT2D eigenvalue weighted by molar-refractivity contribution is 6.00. The average molecular weight is 295 g/mol. The van der Waals surface area contributed by atoms with Gasteiger partial charge in [0.2, 0.25) is 0 Å². The third kappa shape index (κ3) is 2.27. The van der Waals surface area contributed by atoms with Crippen molar-refractivity contribution in [2.45, 2.75) is 32.9 Å². The van der Waals surface area contributed by atoms with Crippen molar-refractivity contribution in [3.8, 4) is 5.75 Å². The van der Waals surface area contributed by atoms with E-state index < -0.39 is 0 Å². The summed E-state index contributed by atoms with van der Waals surface area (Å²) < 4.78 is 5.18. The Bertz CT molecular complexity index is 717. The molecule has 0 fully saturated rings. The van der Waals surface area contributed by atoms with Gasteiger partial charge >= 0.3 is 0 Å². The minimum Gasteiger partial charge on any atom is -0.497 e. The molecule has 22 heavy (non-hydrogen) atoms. The van der Waals surface area contributed by atoms with Gasteiger partial charge in [0.1, 0.15) is 5.75 Å². The van der Waals surface area contributed by atoms with E-state index in [-0.39, 0.29) is 11.4 Å². The van der Waals surface area contributed by atoms with Crippen LogP contribution in [0.1, 0.15) is 40.9 Å². The third-order valence-corrected chi connectivity index (χ3v) is 4.48. The molecule has 1 amide bonds. The summed E-state index contributed by atoms with van der Waals surface area (Å²) >= 11 is 0. The van der Waals surface area contributed by atoms with Gasteiger partial charge < -0.3 is 9.64 Å². The molecule has 1 heterocycles. The van der Waals surface area contributed by atoms with Crippen LogP contribution in [-0.2, 0) is 12.1 Å². The second-order valence-corrected chi connectivity index (χ2v) is 6.35. The summed E-state index contributed by atoms with van der Waals surface area (Å²) in [7, 11) is 1.65. The van der Waals surface area contributed by atoms with E-state index >= 15 is 0 Å². The topological polar surface area (TPSA) is 29.5 Å². The number of aryl methyl sites for hydroxylation is 1. The van der Waals surface area contributed by atoms with E-state index in [9.17, 15) is 4.79 Å². The molecule has 3 rings (SSSR count).